The summed E-state index contributed by atoms with van der Waals surface area (Å²) < 4.78 is 27.0. The largest absolute Gasteiger partial charge is 0.214 e. The topological polar surface area (TPSA) is 37.4 Å². The zero-order valence-corrected chi connectivity index (χ0v) is 13.3. The second-order valence-corrected chi connectivity index (χ2v) is 8.33. The molecule has 1 atom stereocenters. The van der Waals surface area contributed by atoms with E-state index in [-0.39, 0.29) is 6.04 Å². The lowest BCUT2D eigenvalue weighted by molar-refractivity contribution is 0.330. The Morgan fingerprint density at radius 2 is 1.58 bits per heavy atom. The van der Waals surface area contributed by atoms with E-state index in [9.17, 15) is 8.42 Å². The van der Waals surface area contributed by atoms with Crippen molar-refractivity contribution in [1.82, 2.24) is 4.31 Å². The molecule has 112 valence electrons. The number of hydrogen-bond acceptors (Lipinski definition) is 2. The van der Waals surface area contributed by atoms with Crippen molar-refractivity contribution in [1.29, 1.82) is 0 Å². The van der Waals surface area contributed by atoms with Crippen LogP contribution in [0, 0.1) is 5.92 Å². The average Bonchev–Trinajstić information content (AvgIpc) is 2.64. The van der Waals surface area contributed by atoms with Gasteiger partial charge in [-0.1, -0.05) is 32.1 Å². The van der Waals surface area contributed by atoms with Gasteiger partial charge in [0.15, 0.2) is 0 Å². The van der Waals surface area contributed by atoms with E-state index < -0.39 is 10.0 Å². The quantitative estimate of drug-likeness (QED) is 0.747. The highest BCUT2D eigenvalue weighted by atomic mass is 35.5. The van der Waals surface area contributed by atoms with Gasteiger partial charge in [-0.05, 0) is 31.6 Å². The van der Waals surface area contributed by atoms with Crippen LogP contribution in [0.25, 0.3) is 0 Å². The minimum Gasteiger partial charge on any atom is -0.212 e. The summed E-state index contributed by atoms with van der Waals surface area (Å²) in [6.45, 7) is 0.673. The Hall–Kier alpha value is 0.200. The van der Waals surface area contributed by atoms with Crippen LogP contribution in [0.3, 0.4) is 0 Å². The van der Waals surface area contributed by atoms with Crippen LogP contribution in [0.1, 0.15) is 57.8 Å². The number of sulfonamides is 1. The minimum atomic E-state index is -3.12. The summed E-state index contributed by atoms with van der Waals surface area (Å²) in [7, 11) is -3.12. The van der Waals surface area contributed by atoms with Crippen LogP contribution in [0.2, 0.25) is 0 Å². The molecule has 2 rings (SSSR count). The van der Waals surface area contributed by atoms with Crippen molar-refractivity contribution in [2.75, 3.05) is 18.2 Å². The maximum Gasteiger partial charge on any atom is 0.214 e. The molecule has 1 saturated carbocycles. The summed E-state index contributed by atoms with van der Waals surface area (Å²) in [6.07, 6.45) is 9.96. The van der Waals surface area contributed by atoms with Gasteiger partial charge in [0.1, 0.15) is 0 Å². The lowest BCUT2D eigenvalue weighted by Gasteiger charge is -2.30. The molecule has 0 aromatic heterocycles. The fraction of sp³-hybridized carbons (Fsp3) is 1.00. The predicted octanol–water partition coefficient (Wildman–Crippen LogP) is 3.38. The van der Waals surface area contributed by atoms with E-state index >= 15 is 0 Å². The molecular formula is C14H26ClNO2S. The third kappa shape index (κ3) is 4.33. The van der Waals surface area contributed by atoms with Crippen molar-refractivity contribution in [2.24, 2.45) is 5.92 Å². The molecule has 0 amide bonds. The van der Waals surface area contributed by atoms with Crippen LogP contribution in [0.15, 0.2) is 0 Å². The molecule has 0 N–H and O–H groups in total. The fourth-order valence-corrected chi connectivity index (χ4v) is 5.98. The zero-order valence-electron chi connectivity index (χ0n) is 11.7. The van der Waals surface area contributed by atoms with Gasteiger partial charge in [0.05, 0.1) is 5.75 Å². The first-order valence-electron chi connectivity index (χ1n) is 7.69. The second-order valence-electron chi connectivity index (χ2n) is 6.05. The highest BCUT2D eigenvalue weighted by Gasteiger charge is 2.32. The van der Waals surface area contributed by atoms with Gasteiger partial charge in [0, 0.05) is 18.5 Å². The third-order valence-electron chi connectivity index (χ3n) is 4.53. The van der Waals surface area contributed by atoms with Crippen LogP contribution < -0.4 is 0 Å². The van der Waals surface area contributed by atoms with Crippen molar-refractivity contribution < 1.29 is 8.42 Å². The van der Waals surface area contributed by atoms with Crippen LogP contribution in [0.5, 0.6) is 0 Å². The minimum absolute atomic E-state index is 0.0257. The third-order valence-corrected chi connectivity index (χ3v) is 6.97. The van der Waals surface area contributed by atoms with E-state index in [4.69, 9.17) is 11.6 Å². The van der Waals surface area contributed by atoms with Gasteiger partial charge >= 0.3 is 0 Å². The van der Waals surface area contributed by atoms with Gasteiger partial charge in [-0.2, -0.15) is 4.31 Å². The van der Waals surface area contributed by atoms with E-state index in [1.165, 1.54) is 19.3 Å². The molecule has 0 aromatic carbocycles. The molecule has 0 radical (unpaired) electrons. The van der Waals surface area contributed by atoms with E-state index in [1.54, 1.807) is 4.31 Å². The smallest absolute Gasteiger partial charge is 0.212 e. The van der Waals surface area contributed by atoms with Crippen LogP contribution in [-0.2, 0) is 10.0 Å². The molecule has 1 unspecified atom stereocenters. The summed E-state index contributed by atoms with van der Waals surface area (Å²) in [5.74, 6) is 1.16. The molecule has 0 aromatic rings. The Kier molecular flexibility index (Phi) is 5.97. The number of hydrogen-bond donors (Lipinski definition) is 0. The number of alkyl halides is 1. The van der Waals surface area contributed by atoms with Gasteiger partial charge in [-0.25, -0.2) is 8.42 Å². The standard InChI is InChI=1S/C14H26ClNO2S/c15-11-14-9-5-2-6-10-16(14)19(17,18)12-13-7-3-1-4-8-13/h13-14H,1-12H2. The van der Waals surface area contributed by atoms with E-state index in [0.29, 0.717) is 24.1 Å². The molecule has 0 spiro atoms. The summed E-state index contributed by atoms with van der Waals surface area (Å²) in [5, 5.41) is 0. The summed E-state index contributed by atoms with van der Waals surface area (Å²) >= 11 is 5.99. The predicted molar refractivity (Wildman–Crippen MR) is 80.0 cm³/mol. The maximum atomic E-state index is 12.6. The first-order valence-corrected chi connectivity index (χ1v) is 9.83. The first-order chi connectivity index (χ1) is 9.13. The van der Waals surface area contributed by atoms with E-state index in [0.717, 1.165) is 38.5 Å². The average molecular weight is 308 g/mol. The van der Waals surface area contributed by atoms with Crippen LogP contribution >= 0.6 is 11.6 Å². The number of halogens is 1. The monoisotopic (exact) mass is 307 g/mol. The SMILES string of the molecule is O=S(=O)(CC1CCCCC1)N1CCCCCC1CCl. The number of rotatable bonds is 4. The Bertz CT molecular complexity index is 366. The molecular weight excluding hydrogens is 282 g/mol. The highest BCUT2D eigenvalue weighted by molar-refractivity contribution is 7.89. The van der Waals surface area contributed by atoms with Crippen molar-refractivity contribution >= 4 is 21.6 Å². The Morgan fingerprint density at radius 3 is 2.26 bits per heavy atom. The van der Waals surface area contributed by atoms with Gasteiger partial charge in [-0.15, -0.1) is 11.6 Å². The van der Waals surface area contributed by atoms with Gasteiger partial charge < -0.3 is 0 Å². The molecule has 0 bridgehead atoms. The lowest BCUT2D eigenvalue weighted by Crippen LogP contribution is -2.43. The second kappa shape index (κ2) is 7.28. The Labute approximate surface area is 122 Å². The molecule has 1 aliphatic carbocycles. The van der Waals surface area contributed by atoms with Gasteiger partial charge in [0.25, 0.3) is 0 Å². The van der Waals surface area contributed by atoms with Crippen LogP contribution in [0.4, 0.5) is 0 Å². The summed E-state index contributed by atoms with van der Waals surface area (Å²) in [5.41, 5.74) is 0. The zero-order chi connectivity index (χ0) is 13.7. The van der Waals surface area contributed by atoms with Gasteiger partial charge in [0.2, 0.25) is 10.0 Å². The Balaban J connectivity index is 2.02. The van der Waals surface area contributed by atoms with Crippen molar-refractivity contribution in [3.05, 3.63) is 0 Å². The summed E-state index contributed by atoms with van der Waals surface area (Å²) in [6, 6.07) is 0.0257. The molecule has 2 fully saturated rings. The van der Waals surface area contributed by atoms with Gasteiger partial charge in [-0.3, -0.25) is 0 Å². The molecule has 5 heteroatoms. The molecule has 1 saturated heterocycles. The molecule has 2 aliphatic rings. The van der Waals surface area contributed by atoms with E-state index in [2.05, 4.69) is 0 Å². The number of nitrogens with zero attached hydrogens (tertiary/aromatic N) is 1. The Morgan fingerprint density at radius 1 is 0.947 bits per heavy atom. The first kappa shape index (κ1) is 15.6. The fourth-order valence-electron chi connectivity index (χ4n) is 3.42. The highest BCUT2D eigenvalue weighted by Crippen LogP contribution is 2.28. The maximum absolute atomic E-state index is 12.6. The molecule has 1 heterocycles. The van der Waals surface area contributed by atoms with Crippen molar-refractivity contribution in [2.45, 2.75) is 63.8 Å². The molecule has 3 nitrogen and oxygen atoms in total. The van der Waals surface area contributed by atoms with Crippen LogP contribution in [-0.4, -0.2) is 36.9 Å². The normalized spacial score (nSPS) is 28.2. The lowest BCUT2D eigenvalue weighted by atomic mass is 9.91. The van der Waals surface area contributed by atoms with E-state index in [1.807, 2.05) is 0 Å². The van der Waals surface area contributed by atoms with Crippen molar-refractivity contribution in [3.63, 3.8) is 0 Å². The molecule has 1 aliphatic heterocycles. The molecule has 19 heavy (non-hydrogen) atoms. The van der Waals surface area contributed by atoms with Crippen molar-refractivity contribution in [3.8, 4) is 0 Å². The summed E-state index contributed by atoms with van der Waals surface area (Å²) in [4.78, 5) is 0.